The zero-order valence-corrected chi connectivity index (χ0v) is 26.6. The van der Waals surface area contributed by atoms with Gasteiger partial charge < -0.3 is 19.1 Å². The average Bonchev–Trinajstić information content (AvgIpc) is 2.93. The SMILES string of the molecule is CC1=C(C(=O)OC2CCN(Cc3ccccc3)CC2)C(c2cccc([N+](=O)[O-])c2)C(P(=O)(OC(C)C)OC(C)C)=C(C)N1. The number of hydrogen-bond acceptors (Lipinski definition) is 9. The topological polar surface area (TPSA) is 120 Å². The normalized spacial score (nSPS) is 18.7. The molecule has 1 fully saturated rings. The molecule has 4 rings (SSSR count). The van der Waals surface area contributed by atoms with Crippen LogP contribution in [0.2, 0.25) is 0 Å². The number of nitro benzene ring substituents is 1. The average molecular weight is 612 g/mol. The fourth-order valence-electron chi connectivity index (χ4n) is 5.69. The Morgan fingerprint density at radius 2 is 1.63 bits per heavy atom. The highest BCUT2D eigenvalue weighted by Crippen LogP contribution is 2.65. The van der Waals surface area contributed by atoms with E-state index in [0.29, 0.717) is 29.8 Å². The van der Waals surface area contributed by atoms with Gasteiger partial charge >= 0.3 is 13.6 Å². The summed E-state index contributed by atoms with van der Waals surface area (Å²) >= 11 is 0. The molecule has 2 aliphatic heterocycles. The quantitative estimate of drug-likeness (QED) is 0.123. The number of dihydropyridines is 1. The van der Waals surface area contributed by atoms with Crippen LogP contribution in [0.25, 0.3) is 0 Å². The lowest BCUT2D eigenvalue weighted by Crippen LogP contribution is -2.38. The fourth-order valence-corrected chi connectivity index (χ4v) is 8.14. The molecule has 0 amide bonds. The molecule has 2 aromatic carbocycles. The number of piperidine rings is 1. The van der Waals surface area contributed by atoms with Crippen molar-refractivity contribution in [2.45, 2.75) is 85.2 Å². The summed E-state index contributed by atoms with van der Waals surface area (Å²) < 4.78 is 32.7. The van der Waals surface area contributed by atoms with E-state index in [0.717, 1.165) is 19.6 Å². The molecular formula is C32H42N3O7P. The van der Waals surface area contributed by atoms with Gasteiger partial charge in [0.25, 0.3) is 5.69 Å². The van der Waals surface area contributed by atoms with Crippen LogP contribution in [0.15, 0.2) is 76.9 Å². The van der Waals surface area contributed by atoms with Crippen molar-refractivity contribution in [3.63, 3.8) is 0 Å². The first-order valence-corrected chi connectivity index (χ1v) is 16.3. The molecule has 0 bridgehead atoms. The van der Waals surface area contributed by atoms with E-state index in [-0.39, 0.29) is 22.7 Å². The van der Waals surface area contributed by atoms with Crippen LogP contribution in [0.4, 0.5) is 5.69 Å². The summed E-state index contributed by atoms with van der Waals surface area (Å²) in [6, 6.07) is 16.3. The second-order valence-electron chi connectivity index (χ2n) is 11.6. The van der Waals surface area contributed by atoms with Crippen LogP contribution in [0.5, 0.6) is 0 Å². The standard InChI is InChI=1S/C32H42N3O7P/c1-21(2)41-43(39,42-22(3)4)31-24(6)33-23(5)29(30(31)26-13-10-14-27(19-26)35(37)38)32(36)40-28-15-17-34(18-16-28)20-25-11-8-7-9-12-25/h7-14,19,21-22,28,30,33H,15-18,20H2,1-6H3. The predicted molar refractivity (Wildman–Crippen MR) is 165 cm³/mol. The Morgan fingerprint density at radius 1 is 1.00 bits per heavy atom. The van der Waals surface area contributed by atoms with Gasteiger partial charge in [0.1, 0.15) is 6.10 Å². The lowest BCUT2D eigenvalue weighted by molar-refractivity contribution is -0.384. The zero-order valence-electron chi connectivity index (χ0n) is 25.7. The number of benzene rings is 2. The number of hydrogen-bond donors (Lipinski definition) is 1. The molecule has 0 radical (unpaired) electrons. The monoisotopic (exact) mass is 611 g/mol. The molecule has 0 spiro atoms. The number of esters is 1. The second kappa shape index (κ2) is 14.0. The first-order chi connectivity index (χ1) is 20.4. The van der Waals surface area contributed by atoms with Gasteiger partial charge in [-0.3, -0.25) is 19.6 Å². The maximum absolute atomic E-state index is 14.6. The third-order valence-electron chi connectivity index (χ3n) is 7.41. The van der Waals surface area contributed by atoms with Crippen LogP contribution in [0.3, 0.4) is 0 Å². The van der Waals surface area contributed by atoms with Crippen molar-refractivity contribution in [3.8, 4) is 0 Å². The molecule has 43 heavy (non-hydrogen) atoms. The maximum atomic E-state index is 14.6. The van der Waals surface area contributed by atoms with Crippen molar-refractivity contribution in [2.24, 2.45) is 0 Å². The highest BCUT2D eigenvalue weighted by Gasteiger charge is 2.46. The second-order valence-corrected chi connectivity index (χ2v) is 13.5. The number of carbonyl (C=O) groups excluding carboxylic acids is 1. The predicted octanol–water partition coefficient (Wildman–Crippen LogP) is 7.04. The van der Waals surface area contributed by atoms with Gasteiger partial charge in [-0.1, -0.05) is 42.5 Å². The van der Waals surface area contributed by atoms with E-state index in [4.69, 9.17) is 13.8 Å². The summed E-state index contributed by atoms with van der Waals surface area (Å²) in [4.78, 5) is 27.6. The van der Waals surface area contributed by atoms with Gasteiger partial charge in [-0.25, -0.2) is 4.79 Å². The van der Waals surface area contributed by atoms with E-state index >= 15 is 0 Å². The lowest BCUT2D eigenvalue weighted by Gasteiger charge is -2.37. The molecule has 0 aliphatic carbocycles. The van der Waals surface area contributed by atoms with Crippen LogP contribution in [-0.2, 0) is 29.7 Å². The van der Waals surface area contributed by atoms with Crippen LogP contribution >= 0.6 is 7.60 Å². The van der Waals surface area contributed by atoms with E-state index in [1.165, 1.54) is 17.7 Å². The van der Waals surface area contributed by atoms with Crippen molar-refractivity contribution in [2.75, 3.05) is 13.1 Å². The number of rotatable bonds is 11. The third-order valence-corrected chi connectivity index (χ3v) is 9.99. The van der Waals surface area contributed by atoms with E-state index < -0.39 is 36.6 Å². The Bertz CT molecular complexity index is 1420. The summed E-state index contributed by atoms with van der Waals surface area (Å²) in [6.45, 7) is 12.9. The Balaban J connectivity index is 1.66. The van der Waals surface area contributed by atoms with Crippen molar-refractivity contribution in [3.05, 3.63) is 98.1 Å². The molecule has 2 aliphatic rings. The molecule has 232 valence electrons. The third kappa shape index (κ3) is 8.00. The number of allylic oxidation sites excluding steroid dienone is 3. The lowest BCUT2D eigenvalue weighted by atomic mass is 9.86. The Labute approximate surface area is 253 Å². The highest BCUT2D eigenvalue weighted by atomic mass is 31.2. The van der Waals surface area contributed by atoms with Crippen molar-refractivity contribution in [1.29, 1.82) is 0 Å². The molecule has 0 aromatic heterocycles. The van der Waals surface area contributed by atoms with Crippen molar-refractivity contribution in [1.82, 2.24) is 10.2 Å². The first-order valence-electron chi connectivity index (χ1n) is 14.8. The molecule has 10 nitrogen and oxygen atoms in total. The number of nitro groups is 1. The number of nitrogens with one attached hydrogen (secondary N) is 1. The number of ether oxygens (including phenoxy) is 1. The number of nitrogens with zero attached hydrogens (tertiary/aromatic N) is 2. The maximum Gasteiger partial charge on any atom is 0.360 e. The summed E-state index contributed by atoms with van der Waals surface area (Å²) in [6.07, 6.45) is 0.129. The minimum Gasteiger partial charge on any atom is -0.459 e. The molecule has 1 unspecified atom stereocenters. The highest BCUT2D eigenvalue weighted by molar-refractivity contribution is 7.58. The van der Waals surface area contributed by atoms with E-state index in [9.17, 15) is 19.5 Å². The Hall–Kier alpha value is -3.30. The van der Waals surface area contributed by atoms with Crippen LogP contribution < -0.4 is 5.32 Å². The molecule has 1 saturated heterocycles. The largest absolute Gasteiger partial charge is 0.459 e. The summed E-state index contributed by atoms with van der Waals surface area (Å²) in [7, 11) is -4.01. The van der Waals surface area contributed by atoms with Gasteiger partial charge in [-0.15, -0.1) is 0 Å². The van der Waals surface area contributed by atoms with Crippen LogP contribution in [0.1, 0.15) is 71.4 Å². The number of likely N-dealkylation sites (tertiary alicyclic amines) is 1. The minimum absolute atomic E-state index is 0.145. The zero-order chi connectivity index (χ0) is 31.3. The first kappa shape index (κ1) is 32.6. The van der Waals surface area contributed by atoms with Crippen LogP contribution in [-0.4, -0.2) is 47.2 Å². The van der Waals surface area contributed by atoms with Crippen molar-refractivity contribution < 1.29 is 28.1 Å². The van der Waals surface area contributed by atoms with E-state index in [1.807, 2.05) is 18.2 Å². The molecule has 2 heterocycles. The van der Waals surface area contributed by atoms with E-state index in [2.05, 4.69) is 22.3 Å². The van der Waals surface area contributed by atoms with Crippen molar-refractivity contribution >= 4 is 19.3 Å². The molecule has 1 N–H and O–H groups in total. The minimum atomic E-state index is -4.01. The molecular weight excluding hydrogens is 569 g/mol. The fraction of sp³-hybridized carbons (Fsp3) is 0.469. The van der Waals surface area contributed by atoms with Crippen LogP contribution in [0, 0.1) is 10.1 Å². The summed E-state index contributed by atoms with van der Waals surface area (Å²) in [5.74, 6) is -1.51. The van der Waals surface area contributed by atoms with Gasteiger partial charge in [0, 0.05) is 43.2 Å². The Kier molecular flexibility index (Phi) is 10.6. The van der Waals surface area contributed by atoms with Gasteiger partial charge in [0.2, 0.25) is 0 Å². The number of non-ortho nitro benzene ring substituents is 1. The summed E-state index contributed by atoms with van der Waals surface area (Å²) in [5.41, 5.74) is 2.77. The molecule has 2 aromatic rings. The number of carbonyl (C=O) groups is 1. The molecule has 11 heteroatoms. The van der Waals surface area contributed by atoms with Gasteiger partial charge in [0.05, 0.1) is 33.9 Å². The Morgan fingerprint density at radius 3 is 2.21 bits per heavy atom. The van der Waals surface area contributed by atoms with Gasteiger partial charge in [-0.05, 0) is 65.5 Å². The van der Waals surface area contributed by atoms with Gasteiger partial charge in [-0.2, -0.15) is 0 Å². The summed E-state index contributed by atoms with van der Waals surface area (Å²) in [5, 5.41) is 15.2. The molecule has 0 saturated carbocycles. The molecule has 1 atom stereocenters. The van der Waals surface area contributed by atoms with Gasteiger partial charge in [0.15, 0.2) is 0 Å². The van der Waals surface area contributed by atoms with E-state index in [1.54, 1.807) is 53.7 Å². The smallest absolute Gasteiger partial charge is 0.360 e.